The van der Waals surface area contributed by atoms with Crippen LogP contribution in [0, 0.1) is 13.8 Å². The first-order chi connectivity index (χ1) is 19.6. The van der Waals surface area contributed by atoms with Crippen LogP contribution in [0.4, 0.5) is 5.69 Å². The van der Waals surface area contributed by atoms with Crippen molar-refractivity contribution in [3.8, 4) is 11.4 Å². The fraction of sp³-hybridized carbons (Fsp3) is 0.485. The highest BCUT2D eigenvalue weighted by Crippen LogP contribution is 2.26. The van der Waals surface area contributed by atoms with Gasteiger partial charge < -0.3 is 25.2 Å². The summed E-state index contributed by atoms with van der Waals surface area (Å²) in [6.45, 7) is 19.7. The molecule has 8 nitrogen and oxygen atoms in total. The molecular formula is C33H53N7O. The molecule has 1 aromatic heterocycles. The summed E-state index contributed by atoms with van der Waals surface area (Å²) in [7, 11) is 5.86. The van der Waals surface area contributed by atoms with Crippen LogP contribution < -0.4 is 15.5 Å². The minimum absolute atomic E-state index is 0.326. The summed E-state index contributed by atoms with van der Waals surface area (Å²) in [6, 6.07) is 15.3. The number of nitrogens with one attached hydrogen (secondary N) is 3. The van der Waals surface area contributed by atoms with E-state index in [0.717, 1.165) is 60.6 Å². The molecule has 0 radical (unpaired) electrons. The van der Waals surface area contributed by atoms with E-state index in [1.54, 1.807) is 0 Å². The number of benzene rings is 2. The van der Waals surface area contributed by atoms with Gasteiger partial charge in [-0.1, -0.05) is 58.5 Å². The number of nitrogens with zero attached hydrogens (tertiary/aromatic N) is 4. The number of rotatable bonds is 13. The normalized spacial score (nSPS) is 10.3. The molecule has 8 heteroatoms. The minimum Gasteiger partial charge on any atom is -0.380 e. The molecule has 3 N–H and O–H groups in total. The Labute approximate surface area is 248 Å². The smallest absolute Gasteiger partial charge is 0.181 e. The van der Waals surface area contributed by atoms with E-state index in [1.165, 1.54) is 11.1 Å². The second kappa shape index (κ2) is 19.6. The Kier molecular flexibility index (Phi) is 17.0. The molecule has 0 bridgehead atoms. The first-order valence-corrected chi connectivity index (χ1v) is 14.6. The van der Waals surface area contributed by atoms with Gasteiger partial charge in [0.15, 0.2) is 5.82 Å². The molecule has 41 heavy (non-hydrogen) atoms. The molecule has 226 valence electrons. The molecule has 2 aromatic carbocycles. The first-order valence-electron chi connectivity index (χ1n) is 14.6. The van der Waals surface area contributed by atoms with Crippen molar-refractivity contribution < 1.29 is 4.79 Å². The van der Waals surface area contributed by atoms with Crippen LogP contribution in [0.25, 0.3) is 11.4 Å². The average Bonchev–Trinajstić information content (AvgIpc) is 3.39. The quantitative estimate of drug-likeness (QED) is 0.195. The summed E-state index contributed by atoms with van der Waals surface area (Å²) in [4.78, 5) is 19.3. The lowest BCUT2D eigenvalue weighted by Crippen LogP contribution is -2.31. The van der Waals surface area contributed by atoms with Gasteiger partial charge in [0.2, 0.25) is 0 Å². The Morgan fingerprint density at radius 2 is 1.68 bits per heavy atom. The van der Waals surface area contributed by atoms with Gasteiger partial charge in [-0.3, -0.25) is 5.10 Å². The van der Waals surface area contributed by atoms with E-state index in [-0.39, 0.29) is 0 Å². The monoisotopic (exact) mass is 563 g/mol. The SMILES string of the molecule is C=C(CN(CC=O)c1ccc(-c2n[nH]c(C)n2)cc1C)N(C)C.CCc1ccccc1CC.CNCCNC(C)C. The molecule has 3 aromatic rings. The van der Waals surface area contributed by atoms with Gasteiger partial charge in [-0.25, -0.2) is 4.98 Å². The number of hydrogen-bond acceptors (Lipinski definition) is 7. The van der Waals surface area contributed by atoms with Crippen LogP contribution in [0.5, 0.6) is 0 Å². The number of likely N-dealkylation sites (N-methyl/N-ethyl adjacent to an activating group) is 2. The second-order valence-electron chi connectivity index (χ2n) is 10.4. The van der Waals surface area contributed by atoms with Gasteiger partial charge >= 0.3 is 0 Å². The fourth-order valence-corrected chi connectivity index (χ4v) is 4.05. The molecule has 0 aliphatic rings. The Bertz CT molecular complexity index is 1150. The zero-order valence-electron chi connectivity index (χ0n) is 26.8. The van der Waals surface area contributed by atoms with E-state index >= 15 is 0 Å². The molecule has 0 aliphatic heterocycles. The lowest BCUT2D eigenvalue weighted by atomic mass is 10.0. The highest BCUT2D eigenvalue weighted by atomic mass is 16.1. The largest absolute Gasteiger partial charge is 0.380 e. The van der Waals surface area contributed by atoms with Crippen LogP contribution >= 0.6 is 0 Å². The molecule has 0 fully saturated rings. The Morgan fingerprint density at radius 3 is 2.12 bits per heavy atom. The van der Waals surface area contributed by atoms with Gasteiger partial charge in [-0.15, -0.1) is 0 Å². The van der Waals surface area contributed by atoms with E-state index in [2.05, 4.69) is 84.4 Å². The molecule has 0 amide bonds. The van der Waals surface area contributed by atoms with Crippen LogP contribution in [0.2, 0.25) is 0 Å². The third-order valence-corrected chi connectivity index (χ3v) is 6.50. The molecule has 0 saturated heterocycles. The number of aldehydes is 1. The van der Waals surface area contributed by atoms with Crippen molar-refractivity contribution in [1.29, 1.82) is 0 Å². The maximum atomic E-state index is 11.0. The van der Waals surface area contributed by atoms with Gasteiger partial charge in [-0.05, 0) is 68.6 Å². The predicted molar refractivity (Wildman–Crippen MR) is 175 cm³/mol. The number of carbonyl (C=O) groups excluding carboxylic acids is 1. The molecule has 0 unspecified atom stereocenters. The lowest BCUT2D eigenvalue weighted by Gasteiger charge is -2.28. The zero-order chi connectivity index (χ0) is 30.8. The summed E-state index contributed by atoms with van der Waals surface area (Å²) in [6.07, 6.45) is 3.23. The summed E-state index contributed by atoms with van der Waals surface area (Å²) in [5.41, 5.74) is 6.96. The van der Waals surface area contributed by atoms with E-state index in [9.17, 15) is 4.79 Å². The summed E-state index contributed by atoms with van der Waals surface area (Å²) < 4.78 is 0. The maximum Gasteiger partial charge on any atom is 0.181 e. The highest BCUT2D eigenvalue weighted by molar-refractivity contribution is 5.68. The van der Waals surface area contributed by atoms with Gasteiger partial charge in [0.05, 0.1) is 13.1 Å². The van der Waals surface area contributed by atoms with Crippen molar-refractivity contribution >= 4 is 12.0 Å². The van der Waals surface area contributed by atoms with Gasteiger partial charge in [0.25, 0.3) is 0 Å². The Balaban J connectivity index is 0.000000383. The molecule has 3 rings (SSSR count). The van der Waals surface area contributed by atoms with Crippen LogP contribution in [0.15, 0.2) is 54.7 Å². The van der Waals surface area contributed by atoms with Crippen molar-refractivity contribution in [1.82, 2.24) is 30.7 Å². The van der Waals surface area contributed by atoms with Crippen molar-refractivity contribution in [2.24, 2.45) is 0 Å². The lowest BCUT2D eigenvalue weighted by molar-refractivity contribution is -0.106. The van der Waals surface area contributed by atoms with Crippen LogP contribution in [0.3, 0.4) is 0 Å². The van der Waals surface area contributed by atoms with Crippen LogP contribution in [-0.4, -0.2) is 79.7 Å². The minimum atomic E-state index is 0.326. The van der Waals surface area contributed by atoms with E-state index in [1.807, 2.05) is 63.0 Å². The topological polar surface area (TPSA) is 89.2 Å². The van der Waals surface area contributed by atoms with Crippen LogP contribution in [0.1, 0.15) is 50.2 Å². The van der Waals surface area contributed by atoms with Crippen LogP contribution in [-0.2, 0) is 17.6 Å². The van der Waals surface area contributed by atoms with E-state index in [4.69, 9.17) is 0 Å². The molecule has 1 heterocycles. The number of H-pyrrole nitrogens is 1. The third kappa shape index (κ3) is 13.1. The molecule has 0 spiro atoms. The van der Waals surface area contributed by atoms with E-state index < -0.39 is 0 Å². The number of aromatic nitrogens is 3. The molecule has 0 atom stereocenters. The van der Waals surface area contributed by atoms with E-state index in [0.29, 0.717) is 25.0 Å². The number of aryl methyl sites for hydroxylation is 4. The maximum absolute atomic E-state index is 11.0. The number of hydrogen-bond donors (Lipinski definition) is 3. The number of aromatic amines is 1. The molecular weight excluding hydrogens is 510 g/mol. The first kappa shape index (κ1) is 35.5. The van der Waals surface area contributed by atoms with Crippen molar-refractivity contribution in [2.75, 3.05) is 52.2 Å². The number of carbonyl (C=O) groups is 1. The Hall–Kier alpha value is -3.49. The van der Waals surface area contributed by atoms with Gasteiger partial charge in [0, 0.05) is 50.2 Å². The Morgan fingerprint density at radius 1 is 1.05 bits per heavy atom. The predicted octanol–water partition coefficient (Wildman–Crippen LogP) is 5.18. The van der Waals surface area contributed by atoms with Crippen molar-refractivity contribution in [2.45, 2.75) is 60.4 Å². The zero-order valence-corrected chi connectivity index (χ0v) is 26.8. The third-order valence-electron chi connectivity index (χ3n) is 6.50. The highest BCUT2D eigenvalue weighted by Gasteiger charge is 2.13. The van der Waals surface area contributed by atoms with Crippen molar-refractivity contribution in [3.63, 3.8) is 0 Å². The van der Waals surface area contributed by atoms with Gasteiger partial charge in [-0.2, -0.15) is 5.10 Å². The fourth-order valence-electron chi connectivity index (χ4n) is 4.05. The van der Waals surface area contributed by atoms with Crippen molar-refractivity contribution in [3.05, 3.63) is 77.3 Å². The summed E-state index contributed by atoms with van der Waals surface area (Å²) in [5, 5.41) is 13.4. The molecule has 0 saturated carbocycles. The summed E-state index contributed by atoms with van der Waals surface area (Å²) >= 11 is 0. The molecule has 0 aliphatic carbocycles. The number of anilines is 1. The van der Waals surface area contributed by atoms with Gasteiger partial charge in [0.1, 0.15) is 12.1 Å². The summed E-state index contributed by atoms with van der Waals surface area (Å²) in [5.74, 6) is 1.46. The average molecular weight is 564 g/mol. The standard InChI is InChI=1S/C17H23N5O.C10H14.C6H16N2/c1-12-10-15(17-18-14(3)19-20-17)6-7-16(12)22(8-9-23)11-13(2)21(4)5;1-3-9-7-5-6-8-10(9)4-2;1-6(2)8-5-4-7-3/h6-7,9-10H,2,8,11H2,1,3-5H3,(H,18,19,20);5-8H,3-4H2,1-2H3;6-8H,4-5H2,1-3H3. The second-order valence-corrected chi connectivity index (χ2v) is 10.4.